The van der Waals surface area contributed by atoms with E-state index in [0.29, 0.717) is 25.0 Å². The molecule has 3 rings (SSSR count). The van der Waals surface area contributed by atoms with Gasteiger partial charge in [-0.15, -0.1) is 0 Å². The molecule has 1 aliphatic heterocycles. The highest BCUT2D eigenvalue weighted by Crippen LogP contribution is 2.31. The fourth-order valence-corrected chi connectivity index (χ4v) is 3.34. The first-order chi connectivity index (χ1) is 11.6. The predicted octanol–water partition coefficient (Wildman–Crippen LogP) is 1.51. The topological polar surface area (TPSA) is 97.3 Å². The highest BCUT2D eigenvalue weighted by molar-refractivity contribution is 6.03. The Balaban J connectivity index is 1.81. The molecular formula is C18H23N3O3. The molecule has 0 unspecified atom stereocenters. The zero-order chi connectivity index (χ0) is 17.1. The smallest absolute Gasteiger partial charge is 0.267 e. The molecule has 1 aromatic carbocycles. The molecule has 0 bridgehead atoms. The molecule has 4 N–H and O–H groups in total. The van der Waals surface area contributed by atoms with Crippen LogP contribution < -0.4 is 16.6 Å². The van der Waals surface area contributed by atoms with E-state index in [-0.39, 0.29) is 11.3 Å². The number of carbonyl (C=O) groups excluding carboxylic acids is 1. The number of hydrogen-bond donors (Lipinski definition) is 3. The van der Waals surface area contributed by atoms with Gasteiger partial charge in [0.15, 0.2) is 0 Å². The van der Waals surface area contributed by atoms with Gasteiger partial charge >= 0.3 is 0 Å². The zero-order valence-corrected chi connectivity index (χ0v) is 13.7. The van der Waals surface area contributed by atoms with Crippen molar-refractivity contribution in [1.29, 1.82) is 0 Å². The van der Waals surface area contributed by atoms with E-state index in [2.05, 4.69) is 5.32 Å². The fourth-order valence-electron chi connectivity index (χ4n) is 3.34. The monoisotopic (exact) mass is 329 g/mol. The molecule has 2 heterocycles. The van der Waals surface area contributed by atoms with Crippen LogP contribution in [0.1, 0.15) is 41.6 Å². The normalized spacial score (nSPS) is 12.7. The molecule has 128 valence electrons. The van der Waals surface area contributed by atoms with E-state index >= 15 is 0 Å². The number of rotatable bonds is 7. The molecule has 0 saturated heterocycles. The maximum atomic E-state index is 12.6. The molecule has 0 aliphatic carbocycles. The number of pyridine rings is 1. The van der Waals surface area contributed by atoms with Crippen molar-refractivity contribution < 1.29 is 9.90 Å². The summed E-state index contributed by atoms with van der Waals surface area (Å²) in [6.07, 6.45) is 4.57. The molecule has 0 saturated carbocycles. The van der Waals surface area contributed by atoms with Gasteiger partial charge in [-0.2, -0.15) is 0 Å². The maximum absolute atomic E-state index is 12.6. The molecule has 1 aliphatic rings. The summed E-state index contributed by atoms with van der Waals surface area (Å²) in [5, 5.41) is 13.8. The predicted molar refractivity (Wildman–Crippen MR) is 93.4 cm³/mol. The second-order valence-electron chi connectivity index (χ2n) is 6.20. The van der Waals surface area contributed by atoms with Crippen LogP contribution in [0.4, 0.5) is 0 Å². The van der Waals surface area contributed by atoms with Gasteiger partial charge in [0.1, 0.15) is 11.3 Å². The quantitative estimate of drug-likeness (QED) is 0.671. The number of aryl methyl sites for hydroxylation is 2. The molecule has 0 spiro atoms. The lowest BCUT2D eigenvalue weighted by atomic mass is 10.1. The SMILES string of the molecule is NCCCCCCNC(=O)c1c(O)c2cccc3c2n(c1=O)CC3. The molecule has 1 amide bonds. The van der Waals surface area contributed by atoms with E-state index in [1.165, 1.54) is 0 Å². The third-order valence-electron chi connectivity index (χ3n) is 4.59. The lowest BCUT2D eigenvalue weighted by Crippen LogP contribution is -2.33. The van der Waals surface area contributed by atoms with Crippen molar-refractivity contribution in [3.05, 3.63) is 39.7 Å². The number of amides is 1. The van der Waals surface area contributed by atoms with Crippen molar-refractivity contribution >= 4 is 16.8 Å². The third-order valence-corrected chi connectivity index (χ3v) is 4.59. The second-order valence-corrected chi connectivity index (χ2v) is 6.20. The van der Waals surface area contributed by atoms with Crippen LogP contribution in [0.5, 0.6) is 5.75 Å². The summed E-state index contributed by atoms with van der Waals surface area (Å²) in [5.41, 5.74) is 6.66. The first-order valence-corrected chi connectivity index (χ1v) is 8.50. The zero-order valence-electron chi connectivity index (χ0n) is 13.7. The van der Waals surface area contributed by atoms with Gasteiger partial charge in [-0.1, -0.05) is 25.0 Å². The van der Waals surface area contributed by atoms with Gasteiger partial charge in [-0.3, -0.25) is 9.59 Å². The molecule has 0 atom stereocenters. The van der Waals surface area contributed by atoms with Crippen LogP contribution in [0.2, 0.25) is 0 Å². The van der Waals surface area contributed by atoms with Crippen LogP contribution in [-0.4, -0.2) is 28.7 Å². The van der Waals surface area contributed by atoms with Gasteiger partial charge < -0.3 is 20.7 Å². The summed E-state index contributed by atoms with van der Waals surface area (Å²) in [6, 6.07) is 5.54. The minimum absolute atomic E-state index is 0.150. The Morgan fingerprint density at radius 2 is 2.04 bits per heavy atom. The van der Waals surface area contributed by atoms with Gasteiger partial charge in [-0.25, -0.2) is 0 Å². The van der Waals surface area contributed by atoms with Crippen molar-refractivity contribution in [2.75, 3.05) is 13.1 Å². The number of carbonyl (C=O) groups is 1. The summed E-state index contributed by atoms with van der Waals surface area (Å²) >= 11 is 0. The first kappa shape index (κ1) is 16.5. The number of aromatic nitrogens is 1. The lowest BCUT2D eigenvalue weighted by molar-refractivity contribution is 0.0948. The van der Waals surface area contributed by atoms with Crippen LogP contribution in [0.3, 0.4) is 0 Å². The molecule has 6 heteroatoms. The third kappa shape index (κ3) is 2.89. The largest absolute Gasteiger partial charge is 0.506 e. The van der Waals surface area contributed by atoms with Gasteiger partial charge in [0.25, 0.3) is 11.5 Å². The highest BCUT2D eigenvalue weighted by atomic mass is 16.3. The minimum Gasteiger partial charge on any atom is -0.506 e. The number of aromatic hydroxyl groups is 1. The van der Waals surface area contributed by atoms with Crippen molar-refractivity contribution in [2.24, 2.45) is 5.73 Å². The summed E-state index contributed by atoms with van der Waals surface area (Å²) in [7, 11) is 0. The number of unbranched alkanes of at least 4 members (excludes halogenated alkanes) is 3. The molecular weight excluding hydrogens is 306 g/mol. The Kier molecular flexibility index (Phi) is 4.85. The second kappa shape index (κ2) is 7.05. The fraction of sp³-hybridized carbons (Fsp3) is 0.444. The first-order valence-electron chi connectivity index (χ1n) is 8.50. The van der Waals surface area contributed by atoms with Gasteiger partial charge in [0.2, 0.25) is 0 Å². The Morgan fingerprint density at radius 3 is 2.83 bits per heavy atom. The van der Waals surface area contributed by atoms with Crippen LogP contribution in [0.25, 0.3) is 10.9 Å². The number of nitrogens with zero attached hydrogens (tertiary/aromatic N) is 1. The van der Waals surface area contributed by atoms with E-state index in [9.17, 15) is 14.7 Å². The molecule has 6 nitrogen and oxygen atoms in total. The van der Waals surface area contributed by atoms with Gasteiger partial charge in [-0.05, 0) is 37.4 Å². The molecule has 1 aromatic heterocycles. The Hall–Kier alpha value is -2.34. The molecule has 24 heavy (non-hydrogen) atoms. The van der Waals surface area contributed by atoms with E-state index < -0.39 is 11.5 Å². The van der Waals surface area contributed by atoms with Crippen LogP contribution in [0, 0.1) is 0 Å². The number of nitrogens with two attached hydrogens (primary N) is 1. The molecule has 0 radical (unpaired) electrons. The van der Waals surface area contributed by atoms with Crippen LogP contribution >= 0.6 is 0 Å². The average Bonchev–Trinajstić information content (AvgIpc) is 3.01. The van der Waals surface area contributed by atoms with E-state index in [4.69, 9.17) is 5.73 Å². The van der Waals surface area contributed by atoms with E-state index in [1.54, 1.807) is 10.6 Å². The van der Waals surface area contributed by atoms with Crippen LogP contribution in [-0.2, 0) is 13.0 Å². The van der Waals surface area contributed by atoms with Crippen molar-refractivity contribution in [2.45, 2.75) is 38.6 Å². The standard InChI is InChI=1S/C18H23N3O3/c19-9-3-1-2-4-10-20-17(23)14-16(22)13-7-5-6-12-8-11-21(15(12)13)18(14)24/h5-7,22H,1-4,8-11,19H2,(H,20,23). The van der Waals surface area contributed by atoms with Gasteiger partial charge in [0.05, 0.1) is 5.52 Å². The highest BCUT2D eigenvalue weighted by Gasteiger charge is 2.25. The summed E-state index contributed by atoms with van der Waals surface area (Å²) in [6.45, 7) is 1.72. The van der Waals surface area contributed by atoms with E-state index in [1.807, 2.05) is 12.1 Å². The van der Waals surface area contributed by atoms with E-state index in [0.717, 1.165) is 43.2 Å². The summed E-state index contributed by atoms with van der Waals surface area (Å²) < 4.78 is 1.60. The summed E-state index contributed by atoms with van der Waals surface area (Å²) in [5.74, 6) is -0.713. The Bertz CT molecular complexity index is 826. The Morgan fingerprint density at radius 1 is 1.25 bits per heavy atom. The van der Waals surface area contributed by atoms with Crippen molar-refractivity contribution in [3.8, 4) is 5.75 Å². The number of hydrogen-bond acceptors (Lipinski definition) is 4. The molecule has 2 aromatic rings. The van der Waals surface area contributed by atoms with Crippen molar-refractivity contribution in [3.63, 3.8) is 0 Å². The van der Waals surface area contributed by atoms with Crippen molar-refractivity contribution in [1.82, 2.24) is 9.88 Å². The molecule has 0 fully saturated rings. The lowest BCUT2D eigenvalue weighted by Gasteiger charge is -2.11. The number of para-hydroxylation sites is 1. The number of benzene rings is 1. The van der Waals surface area contributed by atoms with Crippen LogP contribution in [0.15, 0.2) is 23.0 Å². The minimum atomic E-state index is -0.501. The van der Waals surface area contributed by atoms with Gasteiger partial charge in [0, 0.05) is 18.5 Å². The maximum Gasteiger partial charge on any atom is 0.267 e. The number of nitrogens with one attached hydrogen (secondary N) is 1. The average molecular weight is 329 g/mol. The summed E-state index contributed by atoms with van der Waals surface area (Å²) in [4.78, 5) is 25.0. The Labute approximate surface area is 140 Å².